The molecule has 1 aliphatic heterocycles. The Morgan fingerprint density at radius 3 is 2.66 bits per heavy atom. The van der Waals surface area contributed by atoms with E-state index in [0.29, 0.717) is 30.1 Å². The van der Waals surface area contributed by atoms with Gasteiger partial charge in [-0.15, -0.1) is 11.3 Å². The number of hydrogen-bond donors (Lipinski definition) is 1. The zero-order valence-electron chi connectivity index (χ0n) is 16.7. The second kappa shape index (κ2) is 8.50. The molecule has 0 fully saturated rings. The van der Waals surface area contributed by atoms with Crippen molar-refractivity contribution in [2.45, 2.75) is 39.3 Å². The van der Waals surface area contributed by atoms with Crippen molar-refractivity contribution in [1.82, 2.24) is 4.90 Å². The molecule has 7 heteroatoms. The van der Waals surface area contributed by atoms with Gasteiger partial charge in [0.2, 0.25) is 5.91 Å². The Hall–Kier alpha value is -3.11. The Kier molecular flexibility index (Phi) is 6.04. The first kappa shape index (κ1) is 20.6. The highest BCUT2D eigenvalue weighted by atomic mass is 32.1. The van der Waals surface area contributed by atoms with Gasteiger partial charge in [-0.2, -0.15) is 5.26 Å². The molecule has 2 aromatic rings. The first-order valence-electron chi connectivity index (χ1n) is 9.33. The summed E-state index contributed by atoms with van der Waals surface area (Å²) in [6, 6.07) is 11.7. The Morgan fingerprint density at radius 2 is 2.00 bits per heavy atom. The van der Waals surface area contributed by atoms with Crippen LogP contribution in [0.3, 0.4) is 0 Å². The summed E-state index contributed by atoms with van der Waals surface area (Å²) in [6.45, 7) is 6.34. The molecular weight excluding hydrogens is 386 g/mol. The Bertz CT molecular complexity index is 981. The van der Waals surface area contributed by atoms with Crippen LogP contribution in [0.2, 0.25) is 0 Å². The van der Waals surface area contributed by atoms with E-state index in [9.17, 15) is 14.9 Å². The zero-order valence-corrected chi connectivity index (χ0v) is 17.5. The second-order valence-electron chi connectivity index (χ2n) is 7.70. The maximum Gasteiger partial charge on any atom is 0.410 e. The molecule has 2 heterocycles. The van der Waals surface area contributed by atoms with Gasteiger partial charge in [0.25, 0.3) is 0 Å². The maximum atomic E-state index is 12.3. The third kappa shape index (κ3) is 5.24. The number of nitriles is 1. The van der Waals surface area contributed by atoms with Gasteiger partial charge in [0.05, 0.1) is 12.1 Å². The van der Waals surface area contributed by atoms with E-state index >= 15 is 0 Å². The largest absolute Gasteiger partial charge is 0.444 e. The van der Waals surface area contributed by atoms with Crippen LogP contribution in [-0.2, 0) is 22.5 Å². The number of hydrogen-bond acceptors (Lipinski definition) is 5. The number of thiophene rings is 1. The molecule has 0 spiro atoms. The molecule has 0 atom stereocenters. The summed E-state index contributed by atoms with van der Waals surface area (Å²) in [5.41, 5.74) is 1.74. The molecule has 2 amide bonds. The van der Waals surface area contributed by atoms with Crippen LogP contribution in [0, 0.1) is 11.3 Å². The number of nitrogens with one attached hydrogen (secondary N) is 1. The van der Waals surface area contributed by atoms with Crippen LogP contribution in [0.1, 0.15) is 42.3 Å². The Labute approximate surface area is 174 Å². The van der Waals surface area contributed by atoms with E-state index in [1.807, 2.05) is 51.1 Å². The quantitative estimate of drug-likeness (QED) is 0.753. The van der Waals surface area contributed by atoms with E-state index in [1.165, 1.54) is 17.4 Å². The standard InChI is InChI=1S/C22H23N3O3S/c1-22(2,3)28-21(27)25-12-11-16-17(13-23)20(29-18(16)14-25)24-19(26)10-9-15-7-5-4-6-8-15/h4-10H,11-12,14H2,1-3H3,(H,24,26)/b10-9-. The molecule has 1 aromatic carbocycles. The van der Waals surface area contributed by atoms with Crippen molar-refractivity contribution in [3.05, 3.63) is 58.0 Å². The topological polar surface area (TPSA) is 82.4 Å². The molecule has 150 valence electrons. The molecule has 3 rings (SSSR count). The summed E-state index contributed by atoms with van der Waals surface area (Å²) in [5, 5.41) is 12.9. The SMILES string of the molecule is CC(C)(C)OC(=O)N1CCc2c(sc(NC(=O)/C=C\c3ccccc3)c2C#N)C1. The fourth-order valence-electron chi connectivity index (χ4n) is 2.98. The van der Waals surface area contributed by atoms with Crippen molar-refractivity contribution in [3.8, 4) is 6.07 Å². The van der Waals surface area contributed by atoms with Crippen LogP contribution in [0.25, 0.3) is 6.08 Å². The minimum atomic E-state index is -0.561. The number of benzene rings is 1. The van der Waals surface area contributed by atoms with E-state index in [4.69, 9.17) is 4.74 Å². The highest BCUT2D eigenvalue weighted by Crippen LogP contribution is 2.37. The monoisotopic (exact) mass is 409 g/mol. The van der Waals surface area contributed by atoms with Gasteiger partial charge >= 0.3 is 6.09 Å². The molecule has 1 aromatic heterocycles. The number of fused-ring (bicyclic) bond motifs is 1. The highest BCUT2D eigenvalue weighted by Gasteiger charge is 2.29. The molecule has 0 radical (unpaired) electrons. The highest BCUT2D eigenvalue weighted by molar-refractivity contribution is 7.16. The summed E-state index contributed by atoms with van der Waals surface area (Å²) < 4.78 is 5.44. The maximum absolute atomic E-state index is 12.3. The third-order valence-electron chi connectivity index (χ3n) is 4.28. The van der Waals surface area contributed by atoms with Crippen molar-refractivity contribution in [2.75, 3.05) is 11.9 Å². The molecule has 0 bridgehead atoms. The lowest BCUT2D eigenvalue weighted by Crippen LogP contribution is -2.39. The summed E-state index contributed by atoms with van der Waals surface area (Å²) in [7, 11) is 0. The number of amides is 2. The van der Waals surface area contributed by atoms with E-state index in [2.05, 4.69) is 11.4 Å². The van der Waals surface area contributed by atoms with Gasteiger partial charge in [-0.25, -0.2) is 4.79 Å². The number of rotatable bonds is 3. The minimum Gasteiger partial charge on any atom is -0.444 e. The zero-order chi connectivity index (χ0) is 21.0. The van der Waals surface area contributed by atoms with Gasteiger partial charge in [0, 0.05) is 17.5 Å². The van der Waals surface area contributed by atoms with Crippen LogP contribution >= 0.6 is 11.3 Å². The third-order valence-corrected chi connectivity index (χ3v) is 5.42. The lowest BCUT2D eigenvalue weighted by atomic mass is 10.0. The molecule has 0 saturated carbocycles. The van der Waals surface area contributed by atoms with Gasteiger partial charge in [0.1, 0.15) is 16.7 Å². The number of nitrogens with zero attached hydrogens (tertiary/aromatic N) is 2. The molecule has 1 aliphatic rings. The molecule has 29 heavy (non-hydrogen) atoms. The molecule has 0 saturated heterocycles. The van der Waals surface area contributed by atoms with Gasteiger partial charge in [-0.1, -0.05) is 30.3 Å². The average Bonchev–Trinajstić information content (AvgIpc) is 3.01. The Balaban J connectivity index is 1.73. The lowest BCUT2D eigenvalue weighted by molar-refractivity contribution is -0.111. The van der Waals surface area contributed by atoms with E-state index in [1.54, 1.807) is 11.0 Å². The van der Waals surface area contributed by atoms with Crippen molar-refractivity contribution in [3.63, 3.8) is 0 Å². The average molecular weight is 410 g/mol. The smallest absolute Gasteiger partial charge is 0.410 e. The first-order valence-corrected chi connectivity index (χ1v) is 10.1. The van der Waals surface area contributed by atoms with Gasteiger partial charge in [0.15, 0.2) is 0 Å². The fraction of sp³-hybridized carbons (Fsp3) is 0.318. The van der Waals surface area contributed by atoms with E-state index in [0.717, 1.165) is 16.0 Å². The van der Waals surface area contributed by atoms with Gasteiger partial charge in [-0.3, -0.25) is 4.79 Å². The van der Waals surface area contributed by atoms with E-state index in [-0.39, 0.29) is 12.0 Å². The molecule has 1 N–H and O–H groups in total. The van der Waals surface area contributed by atoms with Crippen LogP contribution in [0.5, 0.6) is 0 Å². The lowest BCUT2D eigenvalue weighted by Gasteiger charge is -2.29. The predicted molar refractivity (Wildman–Crippen MR) is 113 cm³/mol. The first-order chi connectivity index (χ1) is 13.8. The summed E-state index contributed by atoms with van der Waals surface area (Å²) in [6.07, 6.45) is 3.36. The van der Waals surface area contributed by atoms with Crippen molar-refractivity contribution in [2.24, 2.45) is 0 Å². The van der Waals surface area contributed by atoms with Crippen LogP contribution in [-0.4, -0.2) is 29.0 Å². The van der Waals surface area contributed by atoms with Crippen LogP contribution in [0.15, 0.2) is 36.4 Å². The van der Waals surface area contributed by atoms with Gasteiger partial charge < -0.3 is 15.0 Å². The van der Waals surface area contributed by atoms with Crippen LogP contribution in [0.4, 0.5) is 9.80 Å². The normalized spacial score (nSPS) is 13.7. The summed E-state index contributed by atoms with van der Waals surface area (Å²) >= 11 is 1.34. The second-order valence-corrected chi connectivity index (χ2v) is 8.81. The number of carbonyl (C=O) groups is 2. The van der Waals surface area contributed by atoms with Gasteiger partial charge in [-0.05, 0) is 44.4 Å². The molecule has 0 aliphatic carbocycles. The molecule has 6 nitrogen and oxygen atoms in total. The predicted octanol–water partition coefficient (Wildman–Crippen LogP) is 4.56. The fourth-order valence-corrected chi connectivity index (χ4v) is 4.20. The van der Waals surface area contributed by atoms with Crippen molar-refractivity contribution >= 4 is 34.4 Å². The summed E-state index contributed by atoms with van der Waals surface area (Å²) in [5.74, 6) is -0.298. The van der Waals surface area contributed by atoms with Crippen molar-refractivity contribution in [1.29, 1.82) is 5.26 Å². The summed E-state index contributed by atoms with van der Waals surface area (Å²) in [4.78, 5) is 27.2. The number of anilines is 1. The number of carbonyl (C=O) groups excluding carboxylic acids is 2. The van der Waals surface area contributed by atoms with E-state index < -0.39 is 5.60 Å². The Morgan fingerprint density at radius 1 is 1.28 bits per heavy atom. The molecule has 0 unspecified atom stereocenters. The van der Waals surface area contributed by atoms with Crippen LogP contribution < -0.4 is 5.32 Å². The van der Waals surface area contributed by atoms with Crippen molar-refractivity contribution < 1.29 is 14.3 Å². The molecular formula is C22H23N3O3S. The minimum absolute atomic E-state index is 0.298. The number of ether oxygens (including phenoxy) is 1.